The van der Waals surface area contributed by atoms with Crippen molar-refractivity contribution in [3.05, 3.63) is 29.8 Å². The van der Waals surface area contributed by atoms with Crippen molar-refractivity contribution in [3.63, 3.8) is 0 Å². The first-order chi connectivity index (χ1) is 10.8. The zero-order chi connectivity index (χ0) is 17.0. The first kappa shape index (κ1) is 17.6. The second-order valence-corrected chi connectivity index (χ2v) is 7.14. The predicted octanol–water partition coefficient (Wildman–Crippen LogP) is 3.36. The number of carbonyl (C=O) groups is 1. The van der Waals surface area contributed by atoms with Crippen LogP contribution in [0.25, 0.3) is 0 Å². The van der Waals surface area contributed by atoms with E-state index in [0.29, 0.717) is 13.1 Å². The molecule has 2 rings (SSSR count). The van der Waals surface area contributed by atoms with Crippen LogP contribution in [0.1, 0.15) is 46.2 Å². The molecule has 5 heteroatoms. The van der Waals surface area contributed by atoms with Gasteiger partial charge in [0.25, 0.3) is 0 Å². The third kappa shape index (κ3) is 5.13. The fourth-order valence-electron chi connectivity index (χ4n) is 2.58. The van der Waals surface area contributed by atoms with Gasteiger partial charge < -0.3 is 19.7 Å². The van der Waals surface area contributed by atoms with Gasteiger partial charge in [-0.05, 0) is 40.7 Å². The molecule has 0 bridgehead atoms. The maximum Gasteiger partial charge on any atom is 0.410 e. The molecule has 1 fully saturated rings. The third-order valence-electron chi connectivity index (χ3n) is 3.48. The number of para-hydroxylation sites is 1. The van der Waals surface area contributed by atoms with E-state index in [2.05, 4.69) is 5.32 Å². The number of amides is 1. The van der Waals surface area contributed by atoms with Crippen LogP contribution in [0.2, 0.25) is 0 Å². The topological polar surface area (TPSA) is 50.8 Å². The molecule has 1 aromatic carbocycles. The molecule has 1 heterocycles. The van der Waals surface area contributed by atoms with Gasteiger partial charge in [-0.25, -0.2) is 4.79 Å². The van der Waals surface area contributed by atoms with Crippen LogP contribution >= 0.6 is 0 Å². The minimum Gasteiger partial charge on any atom is -0.491 e. The van der Waals surface area contributed by atoms with Crippen LogP contribution < -0.4 is 10.1 Å². The monoisotopic (exact) mass is 320 g/mol. The smallest absolute Gasteiger partial charge is 0.410 e. The van der Waals surface area contributed by atoms with Crippen molar-refractivity contribution >= 4 is 6.09 Å². The molecule has 1 atom stereocenters. The van der Waals surface area contributed by atoms with Crippen LogP contribution in [-0.4, -0.2) is 42.3 Å². The van der Waals surface area contributed by atoms with Crippen LogP contribution in [0, 0.1) is 0 Å². The van der Waals surface area contributed by atoms with E-state index in [1.807, 2.05) is 58.9 Å². The standard InChI is InChI=1S/C18H28N2O3/c1-13(2)22-16-9-7-6-8-14(16)15-12-20(11-10-19-15)17(21)23-18(3,4)5/h6-9,13,15,19H,10-12H2,1-5H3. The molecule has 1 unspecified atom stereocenters. The van der Waals surface area contributed by atoms with Gasteiger partial charge in [-0.3, -0.25) is 0 Å². The first-order valence-corrected chi connectivity index (χ1v) is 8.23. The largest absolute Gasteiger partial charge is 0.491 e. The SMILES string of the molecule is CC(C)Oc1ccccc1C1CN(C(=O)OC(C)(C)C)CCN1. The van der Waals surface area contributed by atoms with Crippen LogP contribution in [0.15, 0.2) is 24.3 Å². The van der Waals surface area contributed by atoms with E-state index in [-0.39, 0.29) is 18.2 Å². The molecular formula is C18H28N2O3. The van der Waals surface area contributed by atoms with Crippen LogP contribution in [0.4, 0.5) is 4.79 Å². The fourth-order valence-corrected chi connectivity index (χ4v) is 2.58. The molecule has 5 nitrogen and oxygen atoms in total. The lowest BCUT2D eigenvalue weighted by molar-refractivity contribution is 0.0193. The molecule has 0 aromatic heterocycles. The zero-order valence-electron chi connectivity index (χ0n) is 14.8. The van der Waals surface area contributed by atoms with Gasteiger partial charge >= 0.3 is 6.09 Å². The third-order valence-corrected chi connectivity index (χ3v) is 3.48. The van der Waals surface area contributed by atoms with Crippen molar-refractivity contribution < 1.29 is 14.3 Å². The molecule has 1 saturated heterocycles. The van der Waals surface area contributed by atoms with E-state index >= 15 is 0 Å². The summed E-state index contributed by atoms with van der Waals surface area (Å²) in [6.07, 6.45) is -0.145. The van der Waals surface area contributed by atoms with Gasteiger partial charge in [-0.2, -0.15) is 0 Å². The number of piperazine rings is 1. The van der Waals surface area contributed by atoms with E-state index in [9.17, 15) is 4.79 Å². The summed E-state index contributed by atoms with van der Waals surface area (Å²) in [5.41, 5.74) is 0.602. The number of nitrogens with one attached hydrogen (secondary N) is 1. The highest BCUT2D eigenvalue weighted by Gasteiger charge is 2.29. The van der Waals surface area contributed by atoms with E-state index in [0.717, 1.165) is 17.9 Å². The van der Waals surface area contributed by atoms with Gasteiger partial charge in [0.15, 0.2) is 0 Å². The van der Waals surface area contributed by atoms with Crippen molar-refractivity contribution in [1.82, 2.24) is 10.2 Å². The summed E-state index contributed by atoms with van der Waals surface area (Å²) >= 11 is 0. The molecule has 1 amide bonds. The molecule has 1 N–H and O–H groups in total. The molecular weight excluding hydrogens is 292 g/mol. The average molecular weight is 320 g/mol. The summed E-state index contributed by atoms with van der Waals surface area (Å²) in [4.78, 5) is 14.1. The number of nitrogens with zero attached hydrogens (tertiary/aromatic N) is 1. The Bertz CT molecular complexity index is 537. The summed E-state index contributed by atoms with van der Waals surface area (Å²) in [6.45, 7) is 11.6. The number of rotatable bonds is 3. The van der Waals surface area contributed by atoms with Gasteiger partial charge in [-0.15, -0.1) is 0 Å². The van der Waals surface area contributed by atoms with E-state index in [1.54, 1.807) is 4.90 Å². The summed E-state index contributed by atoms with van der Waals surface area (Å²) in [6, 6.07) is 8.04. The Balaban J connectivity index is 2.11. The lowest BCUT2D eigenvalue weighted by Crippen LogP contribution is -2.49. The van der Waals surface area contributed by atoms with E-state index in [4.69, 9.17) is 9.47 Å². The minimum atomic E-state index is -0.476. The van der Waals surface area contributed by atoms with Gasteiger partial charge in [0, 0.05) is 25.2 Å². The lowest BCUT2D eigenvalue weighted by Gasteiger charge is -2.35. The van der Waals surface area contributed by atoms with Crippen molar-refractivity contribution in [2.45, 2.75) is 52.4 Å². The molecule has 0 aliphatic carbocycles. The second kappa shape index (κ2) is 7.21. The number of ether oxygens (including phenoxy) is 2. The predicted molar refractivity (Wildman–Crippen MR) is 90.8 cm³/mol. The van der Waals surface area contributed by atoms with Crippen molar-refractivity contribution in [2.24, 2.45) is 0 Å². The minimum absolute atomic E-state index is 0.0474. The molecule has 128 valence electrons. The Morgan fingerprint density at radius 2 is 2.00 bits per heavy atom. The van der Waals surface area contributed by atoms with Crippen LogP contribution in [-0.2, 0) is 4.74 Å². The summed E-state index contributed by atoms with van der Waals surface area (Å²) < 4.78 is 11.4. The average Bonchev–Trinajstić information content (AvgIpc) is 2.45. The lowest BCUT2D eigenvalue weighted by atomic mass is 10.0. The van der Waals surface area contributed by atoms with Crippen LogP contribution in [0.3, 0.4) is 0 Å². The molecule has 0 radical (unpaired) electrons. The quantitative estimate of drug-likeness (QED) is 0.928. The van der Waals surface area contributed by atoms with Crippen LogP contribution in [0.5, 0.6) is 5.75 Å². The number of hydrogen-bond acceptors (Lipinski definition) is 4. The Hall–Kier alpha value is -1.75. The maximum absolute atomic E-state index is 12.3. The van der Waals surface area contributed by atoms with Gasteiger partial charge in [0.2, 0.25) is 0 Å². The van der Waals surface area contributed by atoms with Crippen molar-refractivity contribution in [1.29, 1.82) is 0 Å². The second-order valence-electron chi connectivity index (χ2n) is 7.14. The molecule has 1 aliphatic rings. The highest BCUT2D eigenvalue weighted by molar-refractivity contribution is 5.68. The number of hydrogen-bond donors (Lipinski definition) is 1. The zero-order valence-corrected chi connectivity index (χ0v) is 14.8. The van der Waals surface area contributed by atoms with Gasteiger partial charge in [0.1, 0.15) is 11.4 Å². The summed E-state index contributed by atoms with van der Waals surface area (Å²) in [7, 11) is 0. The fraction of sp³-hybridized carbons (Fsp3) is 0.611. The van der Waals surface area contributed by atoms with Gasteiger partial charge in [-0.1, -0.05) is 18.2 Å². The highest BCUT2D eigenvalue weighted by atomic mass is 16.6. The number of carbonyl (C=O) groups excluding carboxylic acids is 1. The molecule has 23 heavy (non-hydrogen) atoms. The summed E-state index contributed by atoms with van der Waals surface area (Å²) in [5, 5.41) is 3.47. The Morgan fingerprint density at radius 1 is 1.30 bits per heavy atom. The molecule has 0 saturated carbocycles. The van der Waals surface area contributed by atoms with E-state index in [1.165, 1.54) is 0 Å². The Kier molecular flexibility index (Phi) is 5.52. The van der Waals surface area contributed by atoms with Crippen molar-refractivity contribution in [3.8, 4) is 5.75 Å². The highest BCUT2D eigenvalue weighted by Crippen LogP contribution is 2.28. The Labute approximate surface area is 139 Å². The Morgan fingerprint density at radius 3 is 2.65 bits per heavy atom. The number of benzene rings is 1. The van der Waals surface area contributed by atoms with Crippen molar-refractivity contribution in [2.75, 3.05) is 19.6 Å². The molecule has 0 spiro atoms. The normalized spacial score (nSPS) is 18.9. The first-order valence-electron chi connectivity index (χ1n) is 8.23. The molecule has 1 aromatic rings. The van der Waals surface area contributed by atoms with E-state index < -0.39 is 5.60 Å². The molecule has 1 aliphatic heterocycles. The maximum atomic E-state index is 12.3. The summed E-state index contributed by atoms with van der Waals surface area (Å²) in [5.74, 6) is 0.867. The van der Waals surface area contributed by atoms with Gasteiger partial charge in [0.05, 0.1) is 12.1 Å².